The molecule has 0 N–H and O–H groups in total. The fraction of sp³-hybridized carbons (Fsp3) is 0.833. The quantitative estimate of drug-likeness (QED) is 0.480. The van der Waals surface area contributed by atoms with Crippen LogP contribution >= 0.6 is 24.0 Å². The summed E-state index contributed by atoms with van der Waals surface area (Å²) in [5.74, 6) is -0.169. The summed E-state index contributed by atoms with van der Waals surface area (Å²) in [5.41, 5.74) is -0.352. The van der Waals surface area contributed by atoms with Gasteiger partial charge in [0.05, 0.1) is 12.5 Å². The third kappa shape index (κ3) is 4.69. The SMILES string of the molecule is COC(=O)C(C)(C)C.I. The second kappa shape index (κ2) is 4.09. The molecule has 0 aromatic heterocycles. The topological polar surface area (TPSA) is 26.3 Å². The number of halogens is 1. The molecule has 0 aliphatic rings. The third-order valence-electron chi connectivity index (χ3n) is 0.798. The molecule has 0 amide bonds. The minimum Gasteiger partial charge on any atom is -0.469 e. The fourth-order valence-corrected chi connectivity index (χ4v) is 0.306. The molecule has 0 aliphatic carbocycles. The predicted octanol–water partition coefficient (Wildman–Crippen LogP) is 1.82. The maximum Gasteiger partial charge on any atom is 0.310 e. The molecule has 0 spiro atoms. The van der Waals surface area contributed by atoms with Crippen LogP contribution in [0.15, 0.2) is 0 Å². The van der Waals surface area contributed by atoms with Gasteiger partial charge < -0.3 is 4.74 Å². The first-order chi connectivity index (χ1) is 3.48. The molecule has 0 aromatic carbocycles. The van der Waals surface area contributed by atoms with Crippen LogP contribution in [0.3, 0.4) is 0 Å². The summed E-state index contributed by atoms with van der Waals surface area (Å²) in [4.78, 5) is 10.6. The first-order valence-corrected chi connectivity index (χ1v) is 2.57. The van der Waals surface area contributed by atoms with Crippen molar-refractivity contribution >= 4 is 29.9 Å². The Kier molecular flexibility index (Phi) is 5.42. The van der Waals surface area contributed by atoms with E-state index in [1.54, 1.807) is 0 Å². The van der Waals surface area contributed by atoms with Crippen LogP contribution in [-0.4, -0.2) is 13.1 Å². The van der Waals surface area contributed by atoms with Crippen molar-refractivity contribution in [3.63, 3.8) is 0 Å². The Labute approximate surface area is 73.0 Å². The molecule has 0 rings (SSSR count). The monoisotopic (exact) mass is 244 g/mol. The molecule has 0 heterocycles. The van der Waals surface area contributed by atoms with Crippen LogP contribution in [-0.2, 0) is 9.53 Å². The van der Waals surface area contributed by atoms with Gasteiger partial charge in [0.25, 0.3) is 0 Å². The van der Waals surface area contributed by atoms with E-state index < -0.39 is 0 Å². The van der Waals surface area contributed by atoms with Gasteiger partial charge in [-0.25, -0.2) is 0 Å². The second-order valence-electron chi connectivity index (χ2n) is 2.74. The molecule has 0 unspecified atom stereocenters. The van der Waals surface area contributed by atoms with Gasteiger partial charge in [0, 0.05) is 0 Å². The van der Waals surface area contributed by atoms with Crippen molar-refractivity contribution in [3.05, 3.63) is 0 Å². The molecule has 0 radical (unpaired) electrons. The number of rotatable bonds is 0. The average Bonchev–Trinajstić information content (AvgIpc) is 1.62. The predicted molar refractivity (Wildman–Crippen MR) is 46.9 cm³/mol. The van der Waals surface area contributed by atoms with Crippen molar-refractivity contribution in [1.82, 2.24) is 0 Å². The maximum atomic E-state index is 10.6. The van der Waals surface area contributed by atoms with Crippen molar-refractivity contribution in [1.29, 1.82) is 0 Å². The highest BCUT2D eigenvalue weighted by Crippen LogP contribution is 2.13. The largest absolute Gasteiger partial charge is 0.469 e. The molecule has 2 nitrogen and oxygen atoms in total. The van der Waals surface area contributed by atoms with E-state index in [0.717, 1.165) is 0 Å². The fourth-order valence-electron chi connectivity index (χ4n) is 0.306. The van der Waals surface area contributed by atoms with Gasteiger partial charge in [0.15, 0.2) is 0 Å². The third-order valence-corrected chi connectivity index (χ3v) is 0.798. The number of carbonyl (C=O) groups excluding carboxylic acids is 1. The van der Waals surface area contributed by atoms with Gasteiger partial charge in [-0.2, -0.15) is 0 Å². The van der Waals surface area contributed by atoms with Crippen LogP contribution in [0.4, 0.5) is 0 Å². The molecule has 0 fully saturated rings. The standard InChI is InChI=1S/C6H12O2.HI/c1-6(2,3)5(7)8-4;/h1-4H3;1H. The molecule has 9 heavy (non-hydrogen) atoms. The molecule has 0 aromatic rings. The lowest BCUT2D eigenvalue weighted by atomic mass is 9.98. The molecule has 0 aliphatic heterocycles. The van der Waals surface area contributed by atoms with Gasteiger partial charge in [0.1, 0.15) is 0 Å². The molecule has 56 valence electrons. The van der Waals surface area contributed by atoms with Crippen LogP contribution < -0.4 is 0 Å². The van der Waals surface area contributed by atoms with Gasteiger partial charge in [-0.05, 0) is 20.8 Å². The highest BCUT2D eigenvalue weighted by molar-refractivity contribution is 14.0. The summed E-state index contributed by atoms with van der Waals surface area (Å²) in [6.45, 7) is 5.45. The van der Waals surface area contributed by atoms with E-state index in [-0.39, 0.29) is 35.4 Å². The number of methoxy groups -OCH3 is 1. The van der Waals surface area contributed by atoms with Crippen LogP contribution in [0.2, 0.25) is 0 Å². The van der Waals surface area contributed by atoms with E-state index in [0.29, 0.717) is 0 Å². The first-order valence-electron chi connectivity index (χ1n) is 2.57. The lowest BCUT2D eigenvalue weighted by molar-refractivity contribution is -0.149. The zero-order valence-electron chi connectivity index (χ0n) is 6.22. The smallest absolute Gasteiger partial charge is 0.310 e. The molecular weight excluding hydrogens is 231 g/mol. The molecule has 0 bridgehead atoms. The molecule has 3 heteroatoms. The summed E-state index contributed by atoms with van der Waals surface area (Å²) in [6.07, 6.45) is 0. The van der Waals surface area contributed by atoms with E-state index >= 15 is 0 Å². The second-order valence-corrected chi connectivity index (χ2v) is 2.74. The molecular formula is C6H13IO2. The Morgan fingerprint density at radius 3 is 1.67 bits per heavy atom. The normalized spacial score (nSPS) is 9.78. The number of ether oxygens (including phenoxy) is 1. The lowest BCUT2D eigenvalue weighted by Crippen LogP contribution is -2.21. The van der Waals surface area contributed by atoms with Gasteiger partial charge in [-0.15, -0.1) is 24.0 Å². The van der Waals surface area contributed by atoms with E-state index in [1.807, 2.05) is 20.8 Å². The molecule has 0 saturated carbocycles. The Bertz CT molecular complexity index is 93.7. The van der Waals surface area contributed by atoms with E-state index in [9.17, 15) is 4.79 Å². The van der Waals surface area contributed by atoms with E-state index in [2.05, 4.69) is 4.74 Å². The highest BCUT2D eigenvalue weighted by atomic mass is 127. The Balaban J connectivity index is 0. The zero-order chi connectivity index (χ0) is 6.78. The van der Waals surface area contributed by atoms with E-state index in [1.165, 1.54) is 7.11 Å². The summed E-state index contributed by atoms with van der Waals surface area (Å²) < 4.78 is 4.48. The van der Waals surface area contributed by atoms with Crippen molar-refractivity contribution < 1.29 is 9.53 Å². The zero-order valence-corrected chi connectivity index (χ0v) is 8.56. The van der Waals surface area contributed by atoms with Crippen LogP contribution in [0, 0.1) is 5.41 Å². The van der Waals surface area contributed by atoms with Crippen LogP contribution in [0.1, 0.15) is 20.8 Å². The van der Waals surface area contributed by atoms with Crippen molar-refractivity contribution in [2.45, 2.75) is 20.8 Å². The van der Waals surface area contributed by atoms with Gasteiger partial charge in [-0.1, -0.05) is 0 Å². The van der Waals surface area contributed by atoms with Gasteiger partial charge in [0.2, 0.25) is 0 Å². The summed E-state index contributed by atoms with van der Waals surface area (Å²) in [5, 5.41) is 0. The van der Waals surface area contributed by atoms with Crippen molar-refractivity contribution in [2.24, 2.45) is 5.41 Å². The average molecular weight is 244 g/mol. The Morgan fingerprint density at radius 2 is 1.67 bits per heavy atom. The number of hydrogen-bond acceptors (Lipinski definition) is 2. The summed E-state index contributed by atoms with van der Waals surface area (Å²) in [6, 6.07) is 0. The Morgan fingerprint density at radius 1 is 1.33 bits per heavy atom. The van der Waals surface area contributed by atoms with Crippen molar-refractivity contribution in [2.75, 3.05) is 7.11 Å². The van der Waals surface area contributed by atoms with Crippen LogP contribution in [0.25, 0.3) is 0 Å². The number of esters is 1. The highest BCUT2D eigenvalue weighted by Gasteiger charge is 2.21. The number of carbonyl (C=O) groups is 1. The summed E-state index contributed by atoms with van der Waals surface area (Å²) >= 11 is 0. The lowest BCUT2D eigenvalue weighted by Gasteiger charge is -2.13. The minimum atomic E-state index is -0.352. The van der Waals surface area contributed by atoms with Gasteiger partial charge in [-0.3, -0.25) is 4.79 Å². The number of hydrogen-bond donors (Lipinski definition) is 0. The maximum absolute atomic E-state index is 10.6. The molecule has 0 saturated heterocycles. The van der Waals surface area contributed by atoms with Gasteiger partial charge >= 0.3 is 5.97 Å². The Hall–Kier alpha value is 0.200. The van der Waals surface area contributed by atoms with E-state index in [4.69, 9.17) is 0 Å². The van der Waals surface area contributed by atoms with Crippen molar-refractivity contribution in [3.8, 4) is 0 Å². The minimum absolute atomic E-state index is 0. The first kappa shape index (κ1) is 11.9. The molecule has 0 atom stereocenters. The summed E-state index contributed by atoms with van der Waals surface area (Å²) in [7, 11) is 1.40. The van der Waals surface area contributed by atoms with Crippen LogP contribution in [0.5, 0.6) is 0 Å².